The Hall–Kier alpha value is -2.02. The predicted octanol–water partition coefficient (Wildman–Crippen LogP) is 0.857. The van der Waals surface area contributed by atoms with Gasteiger partial charge in [-0.15, -0.1) is 0 Å². The molecule has 2 heterocycles. The molecule has 2 fully saturated rings. The molecule has 2 amide bonds. The van der Waals surface area contributed by atoms with Crippen LogP contribution >= 0.6 is 0 Å². The number of carbonyl (C=O) groups is 2. The van der Waals surface area contributed by atoms with Gasteiger partial charge in [-0.3, -0.25) is 9.69 Å². The summed E-state index contributed by atoms with van der Waals surface area (Å²) in [4.78, 5) is 27.1. The Morgan fingerprint density at radius 2 is 2.00 bits per heavy atom. The number of Topliss-reactive ketones (excluding diaryl/α,β-unsaturated/α-hetero) is 1. The Bertz CT molecular complexity index is 573. The lowest BCUT2D eigenvalue weighted by molar-refractivity contribution is 0.0831. The highest BCUT2D eigenvalue weighted by Crippen LogP contribution is 2.17. The normalized spacial score (nSPS) is 22.1. The summed E-state index contributed by atoms with van der Waals surface area (Å²) >= 11 is 0. The molecule has 1 aromatic carbocycles. The summed E-state index contributed by atoms with van der Waals surface area (Å²) in [6.45, 7) is 2.06. The third kappa shape index (κ3) is 2.61. The molecular formula is C14H15F2N3O2. The fourth-order valence-corrected chi connectivity index (χ4v) is 2.86. The summed E-state index contributed by atoms with van der Waals surface area (Å²) in [7, 11) is 0. The molecule has 1 aromatic rings. The molecule has 1 N–H and O–H groups in total. The summed E-state index contributed by atoms with van der Waals surface area (Å²) in [5.41, 5.74) is -0.486. The van der Waals surface area contributed by atoms with Crippen molar-refractivity contribution < 1.29 is 18.4 Å². The number of rotatable bonds is 3. The second kappa shape index (κ2) is 5.40. The summed E-state index contributed by atoms with van der Waals surface area (Å²) in [5.74, 6) is -2.25. The Balaban J connectivity index is 1.67. The van der Waals surface area contributed by atoms with Crippen LogP contribution in [0.3, 0.4) is 0 Å². The number of hydrogen-bond donors (Lipinski definition) is 1. The maximum atomic E-state index is 13.6. The lowest BCUT2D eigenvalue weighted by Gasteiger charge is -2.35. The van der Waals surface area contributed by atoms with Gasteiger partial charge in [-0.25, -0.2) is 13.6 Å². The van der Waals surface area contributed by atoms with E-state index in [-0.39, 0.29) is 18.6 Å². The molecule has 0 aromatic heterocycles. The van der Waals surface area contributed by atoms with Gasteiger partial charge < -0.3 is 10.2 Å². The van der Waals surface area contributed by atoms with Crippen molar-refractivity contribution in [1.29, 1.82) is 0 Å². The van der Waals surface area contributed by atoms with Crippen molar-refractivity contribution in [2.45, 2.75) is 6.04 Å². The molecule has 1 atom stereocenters. The molecular weight excluding hydrogens is 280 g/mol. The van der Waals surface area contributed by atoms with Gasteiger partial charge in [-0.2, -0.15) is 0 Å². The first-order chi connectivity index (χ1) is 10.1. The third-order valence-corrected chi connectivity index (χ3v) is 3.93. The number of hydrogen-bond acceptors (Lipinski definition) is 3. The zero-order chi connectivity index (χ0) is 15.0. The largest absolute Gasteiger partial charge is 0.336 e. The zero-order valence-corrected chi connectivity index (χ0v) is 11.3. The average Bonchev–Trinajstić information content (AvgIpc) is 2.80. The number of benzene rings is 1. The van der Waals surface area contributed by atoms with E-state index >= 15 is 0 Å². The maximum absolute atomic E-state index is 13.6. The summed E-state index contributed by atoms with van der Waals surface area (Å²) in [5, 5.41) is 2.74. The quantitative estimate of drug-likeness (QED) is 0.841. The van der Waals surface area contributed by atoms with E-state index in [1.165, 1.54) is 6.07 Å². The fourth-order valence-electron chi connectivity index (χ4n) is 2.86. The van der Waals surface area contributed by atoms with Crippen molar-refractivity contribution in [2.24, 2.45) is 0 Å². The van der Waals surface area contributed by atoms with E-state index in [1.54, 1.807) is 4.90 Å². The Kier molecular flexibility index (Phi) is 3.59. The zero-order valence-electron chi connectivity index (χ0n) is 11.3. The fraction of sp³-hybridized carbons (Fsp3) is 0.429. The Labute approximate surface area is 120 Å². The molecule has 0 aliphatic carbocycles. The molecule has 0 bridgehead atoms. The monoisotopic (exact) mass is 295 g/mol. The number of amides is 2. The highest BCUT2D eigenvalue weighted by molar-refractivity contribution is 5.98. The molecule has 2 aliphatic heterocycles. The van der Waals surface area contributed by atoms with Crippen LogP contribution in [-0.4, -0.2) is 60.4 Å². The van der Waals surface area contributed by atoms with E-state index in [0.717, 1.165) is 12.1 Å². The van der Waals surface area contributed by atoms with Gasteiger partial charge in [0, 0.05) is 26.2 Å². The van der Waals surface area contributed by atoms with Gasteiger partial charge in [0.15, 0.2) is 5.78 Å². The predicted molar refractivity (Wildman–Crippen MR) is 71.0 cm³/mol. The van der Waals surface area contributed by atoms with E-state index in [0.29, 0.717) is 26.2 Å². The van der Waals surface area contributed by atoms with Gasteiger partial charge >= 0.3 is 6.03 Å². The molecule has 3 rings (SSSR count). The van der Waals surface area contributed by atoms with E-state index in [1.807, 2.05) is 4.90 Å². The van der Waals surface area contributed by atoms with Crippen LogP contribution in [-0.2, 0) is 0 Å². The SMILES string of the molecule is O=C(CN1CCN2C(=O)NCC2C1)c1c(F)cccc1F. The van der Waals surface area contributed by atoms with Crippen molar-refractivity contribution >= 4 is 11.8 Å². The molecule has 0 spiro atoms. The summed E-state index contributed by atoms with van der Waals surface area (Å²) in [6.07, 6.45) is 0. The highest BCUT2D eigenvalue weighted by atomic mass is 19.1. The van der Waals surface area contributed by atoms with Crippen LogP contribution in [0.2, 0.25) is 0 Å². The van der Waals surface area contributed by atoms with Gasteiger partial charge in [0.2, 0.25) is 0 Å². The molecule has 7 heteroatoms. The molecule has 0 saturated carbocycles. The van der Waals surface area contributed by atoms with Crippen molar-refractivity contribution in [2.75, 3.05) is 32.7 Å². The first-order valence-corrected chi connectivity index (χ1v) is 6.80. The van der Waals surface area contributed by atoms with Crippen LogP contribution in [0.1, 0.15) is 10.4 Å². The van der Waals surface area contributed by atoms with Crippen molar-refractivity contribution in [3.05, 3.63) is 35.4 Å². The lowest BCUT2D eigenvalue weighted by atomic mass is 10.1. The molecule has 1 unspecified atom stereocenters. The third-order valence-electron chi connectivity index (χ3n) is 3.93. The van der Waals surface area contributed by atoms with Crippen molar-refractivity contribution in [3.63, 3.8) is 0 Å². The van der Waals surface area contributed by atoms with Crippen molar-refractivity contribution in [3.8, 4) is 0 Å². The second-order valence-corrected chi connectivity index (χ2v) is 5.29. The van der Waals surface area contributed by atoms with Crippen LogP contribution in [0, 0.1) is 11.6 Å². The summed E-state index contributed by atoms with van der Waals surface area (Å²) in [6, 6.07) is 3.31. The van der Waals surface area contributed by atoms with Crippen molar-refractivity contribution in [1.82, 2.24) is 15.1 Å². The lowest BCUT2D eigenvalue weighted by Crippen LogP contribution is -2.53. The Morgan fingerprint density at radius 1 is 1.29 bits per heavy atom. The minimum atomic E-state index is -0.837. The van der Waals surface area contributed by atoms with Gasteiger partial charge in [-0.05, 0) is 12.1 Å². The van der Waals surface area contributed by atoms with E-state index in [4.69, 9.17) is 0 Å². The topological polar surface area (TPSA) is 52.7 Å². The smallest absolute Gasteiger partial charge is 0.317 e. The van der Waals surface area contributed by atoms with E-state index in [9.17, 15) is 18.4 Å². The number of piperazine rings is 1. The average molecular weight is 295 g/mol. The summed E-state index contributed by atoms with van der Waals surface area (Å²) < 4.78 is 27.2. The number of urea groups is 1. The number of nitrogens with one attached hydrogen (secondary N) is 1. The minimum Gasteiger partial charge on any atom is -0.336 e. The van der Waals surface area contributed by atoms with E-state index < -0.39 is 23.0 Å². The van der Waals surface area contributed by atoms with Gasteiger partial charge in [0.25, 0.3) is 0 Å². The molecule has 21 heavy (non-hydrogen) atoms. The van der Waals surface area contributed by atoms with Crippen LogP contribution < -0.4 is 5.32 Å². The number of fused-ring (bicyclic) bond motifs is 1. The second-order valence-electron chi connectivity index (χ2n) is 5.29. The minimum absolute atomic E-state index is 0.0181. The molecule has 5 nitrogen and oxygen atoms in total. The van der Waals surface area contributed by atoms with Crippen LogP contribution in [0.4, 0.5) is 13.6 Å². The first kappa shape index (κ1) is 13.9. The number of carbonyl (C=O) groups excluding carboxylic acids is 2. The molecule has 2 saturated heterocycles. The van der Waals surface area contributed by atoms with Gasteiger partial charge in [0.05, 0.1) is 18.2 Å². The number of ketones is 1. The Morgan fingerprint density at radius 3 is 2.71 bits per heavy atom. The van der Waals surface area contributed by atoms with Crippen LogP contribution in [0.25, 0.3) is 0 Å². The van der Waals surface area contributed by atoms with Crippen LogP contribution in [0.15, 0.2) is 18.2 Å². The first-order valence-electron chi connectivity index (χ1n) is 6.80. The highest BCUT2D eigenvalue weighted by Gasteiger charge is 2.36. The van der Waals surface area contributed by atoms with E-state index in [2.05, 4.69) is 5.32 Å². The van der Waals surface area contributed by atoms with Gasteiger partial charge in [-0.1, -0.05) is 6.07 Å². The molecule has 2 aliphatic rings. The maximum Gasteiger partial charge on any atom is 0.317 e. The molecule has 112 valence electrons. The molecule has 0 radical (unpaired) electrons. The van der Waals surface area contributed by atoms with Crippen LogP contribution in [0.5, 0.6) is 0 Å². The number of halogens is 2. The number of nitrogens with zero attached hydrogens (tertiary/aromatic N) is 2. The van der Waals surface area contributed by atoms with Gasteiger partial charge in [0.1, 0.15) is 11.6 Å². The standard InChI is InChI=1S/C14H15F2N3O2/c15-10-2-1-3-11(16)13(10)12(20)8-18-4-5-19-9(7-18)6-17-14(19)21/h1-3,9H,4-8H2,(H,17,21).